The first kappa shape index (κ1) is 18.4. The third kappa shape index (κ3) is 4.14. The lowest BCUT2D eigenvalue weighted by atomic mass is 10.0. The normalized spacial score (nSPS) is 14.8. The summed E-state index contributed by atoms with van der Waals surface area (Å²) < 4.78 is 5.47. The van der Waals surface area contributed by atoms with Crippen molar-refractivity contribution in [3.05, 3.63) is 47.2 Å². The average Bonchev–Trinajstić information content (AvgIpc) is 3.09. The molecule has 3 N–H and O–H groups in total. The number of nitrogens with zero attached hydrogens (tertiary/aromatic N) is 3. The first-order valence-corrected chi connectivity index (χ1v) is 9.67. The lowest BCUT2D eigenvalue weighted by Gasteiger charge is -2.24. The van der Waals surface area contributed by atoms with E-state index >= 15 is 0 Å². The molecule has 0 saturated carbocycles. The average molecular weight is 380 g/mol. The van der Waals surface area contributed by atoms with Crippen molar-refractivity contribution in [2.75, 3.05) is 23.8 Å². The number of anilines is 3. The zero-order chi connectivity index (χ0) is 19.5. The Morgan fingerprint density at radius 3 is 2.57 bits per heavy atom. The highest BCUT2D eigenvalue weighted by molar-refractivity contribution is 5.67. The fourth-order valence-corrected chi connectivity index (χ4v) is 3.36. The van der Waals surface area contributed by atoms with Gasteiger partial charge in [0.25, 0.3) is 0 Å². The second-order valence-electron chi connectivity index (χ2n) is 7.30. The molecule has 28 heavy (non-hydrogen) atoms. The molecule has 2 aromatic heterocycles. The minimum atomic E-state index is 0. The van der Waals surface area contributed by atoms with Gasteiger partial charge in [0, 0.05) is 44.1 Å². The number of hydrogen-bond donors (Lipinski definition) is 3. The van der Waals surface area contributed by atoms with Crippen LogP contribution in [0.3, 0.4) is 0 Å². The molecule has 0 bridgehead atoms. The molecule has 1 aliphatic rings. The van der Waals surface area contributed by atoms with Crippen molar-refractivity contribution < 1.29 is 6.16 Å². The molecule has 0 aliphatic carbocycles. The van der Waals surface area contributed by atoms with Crippen LogP contribution in [0.15, 0.2) is 30.3 Å². The van der Waals surface area contributed by atoms with E-state index in [2.05, 4.69) is 46.8 Å². The number of benzene rings is 1. The smallest absolute Gasteiger partial charge is 0.164 e. The molecular formula is C21H28N6O. The Morgan fingerprint density at radius 1 is 1.04 bits per heavy atom. The van der Waals surface area contributed by atoms with Crippen LogP contribution in [0.25, 0.3) is 11.4 Å². The van der Waals surface area contributed by atoms with Gasteiger partial charge in [-0.1, -0.05) is 18.2 Å². The number of H-pyrrole nitrogens is 1. The second-order valence-corrected chi connectivity index (χ2v) is 7.30. The van der Waals surface area contributed by atoms with Crippen molar-refractivity contribution in [2.24, 2.45) is 0 Å². The van der Waals surface area contributed by atoms with Gasteiger partial charge in [-0.2, -0.15) is 5.10 Å². The van der Waals surface area contributed by atoms with Crippen molar-refractivity contribution in [1.29, 1.82) is 0 Å². The summed E-state index contributed by atoms with van der Waals surface area (Å²) in [6.07, 6.45) is 1.95. The predicted molar refractivity (Wildman–Crippen MR) is 113 cm³/mol. The number of aromatic nitrogens is 4. The summed E-state index contributed by atoms with van der Waals surface area (Å²) in [5, 5.41) is 14.0. The highest BCUT2D eigenvalue weighted by atomic mass is 16.5. The van der Waals surface area contributed by atoms with Crippen molar-refractivity contribution in [2.45, 2.75) is 39.7 Å². The van der Waals surface area contributed by atoms with Gasteiger partial charge in [0.2, 0.25) is 0 Å². The Morgan fingerprint density at radius 2 is 1.82 bits per heavy atom. The second kappa shape index (κ2) is 7.98. The molecule has 3 heterocycles. The van der Waals surface area contributed by atoms with Gasteiger partial charge >= 0.3 is 0 Å². The minimum Gasteiger partial charge on any atom is -0.381 e. The highest BCUT2D eigenvalue weighted by Crippen LogP contribution is 2.27. The number of nitrogens with one attached hydrogen (secondary N) is 3. The maximum Gasteiger partial charge on any atom is 0.164 e. The van der Waals surface area contributed by atoms with Gasteiger partial charge in [-0.05, 0) is 44.7 Å². The Bertz CT molecular complexity index is 968. The minimum absolute atomic E-state index is 0. The molecule has 148 valence electrons. The summed E-state index contributed by atoms with van der Waals surface area (Å²) in [7, 11) is 0. The fourth-order valence-electron chi connectivity index (χ4n) is 3.36. The van der Waals surface area contributed by atoms with Crippen LogP contribution in [0.4, 0.5) is 17.5 Å². The summed E-state index contributed by atoms with van der Waals surface area (Å²) in [4.78, 5) is 9.58. The first-order valence-electron chi connectivity index (χ1n) is 9.67. The van der Waals surface area contributed by atoms with Crippen LogP contribution in [0.2, 0.25) is 0 Å². The van der Waals surface area contributed by atoms with Crippen LogP contribution in [0.1, 0.15) is 31.1 Å². The summed E-state index contributed by atoms with van der Waals surface area (Å²) in [5.74, 6) is 2.97. The molecule has 0 unspecified atom stereocenters. The molecule has 3 aromatic rings. The molecule has 1 saturated heterocycles. The summed E-state index contributed by atoms with van der Waals surface area (Å²) in [5.41, 5.74) is 4.44. The summed E-state index contributed by atoms with van der Waals surface area (Å²) >= 11 is 0. The van der Waals surface area contributed by atoms with E-state index in [1.807, 2.05) is 25.1 Å². The quantitative estimate of drug-likeness (QED) is 0.609. The van der Waals surface area contributed by atoms with E-state index < -0.39 is 0 Å². The lowest BCUT2D eigenvalue weighted by molar-refractivity contribution is 0.0904. The van der Waals surface area contributed by atoms with Crippen molar-refractivity contribution in [3.63, 3.8) is 0 Å². The van der Waals surface area contributed by atoms with E-state index in [0.717, 1.165) is 48.9 Å². The topological polar surface area (TPSA) is 87.8 Å². The largest absolute Gasteiger partial charge is 0.381 e. The molecule has 7 nitrogen and oxygen atoms in total. The van der Waals surface area contributed by atoms with Crippen molar-refractivity contribution in [3.8, 4) is 11.4 Å². The molecule has 0 atom stereocenters. The third-order valence-corrected chi connectivity index (χ3v) is 5.11. The number of ether oxygens (including phenoxy) is 1. The summed E-state index contributed by atoms with van der Waals surface area (Å²) in [6.45, 7) is 7.75. The van der Waals surface area contributed by atoms with Gasteiger partial charge in [0.15, 0.2) is 11.6 Å². The van der Waals surface area contributed by atoms with Gasteiger partial charge in [0.1, 0.15) is 11.6 Å². The molecular weight excluding hydrogens is 352 g/mol. The number of aryl methyl sites for hydroxylation is 2. The van der Waals surface area contributed by atoms with Crippen LogP contribution in [-0.2, 0) is 4.74 Å². The van der Waals surface area contributed by atoms with E-state index in [1.54, 1.807) is 0 Å². The zero-order valence-electron chi connectivity index (χ0n) is 16.5. The van der Waals surface area contributed by atoms with E-state index in [0.29, 0.717) is 17.7 Å². The van der Waals surface area contributed by atoms with Crippen molar-refractivity contribution in [1.82, 2.24) is 20.2 Å². The summed E-state index contributed by atoms with van der Waals surface area (Å²) in [6, 6.07) is 10.5. The van der Waals surface area contributed by atoms with Crippen LogP contribution < -0.4 is 10.6 Å². The monoisotopic (exact) mass is 380 g/mol. The Kier molecular flexibility index (Phi) is 5.25. The molecule has 1 aromatic carbocycles. The molecule has 4 rings (SSSR count). The Balaban J connectivity index is 0.00000240. The molecule has 0 radical (unpaired) electrons. The maximum atomic E-state index is 5.47. The van der Waals surface area contributed by atoms with E-state index in [-0.39, 0.29) is 1.43 Å². The zero-order valence-corrected chi connectivity index (χ0v) is 16.5. The van der Waals surface area contributed by atoms with Gasteiger partial charge in [0.05, 0.1) is 0 Å². The predicted octanol–water partition coefficient (Wildman–Crippen LogP) is 4.37. The number of aromatic amines is 1. The maximum absolute atomic E-state index is 5.47. The molecule has 1 fully saturated rings. The number of rotatable bonds is 5. The van der Waals surface area contributed by atoms with Gasteiger partial charge in [-0.15, -0.1) is 0 Å². The third-order valence-electron chi connectivity index (χ3n) is 5.11. The molecule has 0 spiro atoms. The molecule has 7 heteroatoms. The SMILES string of the molecule is Cc1cc(Nc2cc(NC3CCOCC3)nc(-c3cccc(C)c3C)n2)n[nH]1.[HH]. The Labute approximate surface area is 166 Å². The first-order chi connectivity index (χ1) is 13.6. The number of hydrogen-bond acceptors (Lipinski definition) is 6. The van der Waals surface area contributed by atoms with E-state index in [9.17, 15) is 0 Å². The van der Waals surface area contributed by atoms with Crippen molar-refractivity contribution >= 4 is 17.5 Å². The van der Waals surface area contributed by atoms with Crippen LogP contribution in [-0.4, -0.2) is 39.4 Å². The highest BCUT2D eigenvalue weighted by Gasteiger charge is 2.16. The van der Waals surface area contributed by atoms with Crippen LogP contribution in [0, 0.1) is 20.8 Å². The standard InChI is InChI=1S/C21H26N6O.H2/c1-13-5-4-6-17(15(13)3)21-24-18(22-16-7-9-28-10-8-16)12-19(25-21)23-20-11-14(2)26-27-20;/h4-6,11-12,16H,7-10H2,1-3H3,(H3,22,23,24,25,26,27);1H. The van der Waals surface area contributed by atoms with E-state index in [4.69, 9.17) is 14.7 Å². The van der Waals surface area contributed by atoms with Gasteiger partial charge in [-0.3, -0.25) is 5.10 Å². The van der Waals surface area contributed by atoms with Crippen LogP contribution in [0.5, 0.6) is 0 Å². The van der Waals surface area contributed by atoms with E-state index in [1.165, 1.54) is 11.1 Å². The molecule has 1 aliphatic heterocycles. The fraction of sp³-hybridized carbons (Fsp3) is 0.381. The van der Waals surface area contributed by atoms with Gasteiger partial charge < -0.3 is 15.4 Å². The Hall–Kier alpha value is -2.93. The lowest BCUT2D eigenvalue weighted by Crippen LogP contribution is -2.28. The molecule has 0 amide bonds. The van der Waals surface area contributed by atoms with Crippen LogP contribution >= 0.6 is 0 Å². The van der Waals surface area contributed by atoms with Gasteiger partial charge in [-0.25, -0.2) is 9.97 Å².